The molecule has 3 N–H and O–H groups in total. The number of H-pyrrole nitrogens is 1. The van der Waals surface area contributed by atoms with Gasteiger partial charge in [0.15, 0.2) is 5.16 Å². The van der Waals surface area contributed by atoms with E-state index in [2.05, 4.69) is 15.3 Å². The van der Waals surface area contributed by atoms with Crippen molar-refractivity contribution in [2.24, 2.45) is 0 Å². The zero-order chi connectivity index (χ0) is 20.6. The van der Waals surface area contributed by atoms with Gasteiger partial charge in [0.2, 0.25) is 0 Å². The number of nitrogens with zero attached hydrogens (tertiary/aromatic N) is 1. The van der Waals surface area contributed by atoms with Gasteiger partial charge < -0.3 is 20.4 Å². The van der Waals surface area contributed by atoms with Crippen molar-refractivity contribution in [3.05, 3.63) is 82.1 Å². The molecular weight excluding hydrogens is 388 g/mol. The summed E-state index contributed by atoms with van der Waals surface area (Å²) >= 11 is 1.09. The molecule has 148 valence electrons. The first-order valence-corrected chi connectivity index (χ1v) is 9.85. The number of anilines is 2. The molecule has 1 aromatic heterocycles. The number of hydrogen-bond acceptors (Lipinski definition) is 7. The number of aromatic amines is 1. The SMILES string of the molecule is CCOC(=O)C(Sc1nc(Nc2ccccc2)c(C=N)c(=O)[nH]1)c1ccccc1. The van der Waals surface area contributed by atoms with Gasteiger partial charge >= 0.3 is 5.97 Å². The Morgan fingerprint density at radius 2 is 1.86 bits per heavy atom. The fourth-order valence-corrected chi connectivity index (χ4v) is 3.59. The lowest BCUT2D eigenvalue weighted by molar-refractivity contribution is -0.142. The van der Waals surface area contributed by atoms with Crippen LogP contribution in [0, 0.1) is 5.41 Å². The first kappa shape index (κ1) is 20.3. The van der Waals surface area contributed by atoms with E-state index in [4.69, 9.17) is 10.1 Å². The number of carbonyl (C=O) groups is 1. The second-order valence-corrected chi connectivity index (χ2v) is 7.02. The Morgan fingerprint density at radius 1 is 1.21 bits per heavy atom. The van der Waals surface area contributed by atoms with Gasteiger partial charge in [0.05, 0.1) is 6.61 Å². The highest BCUT2D eigenvalue weighted by atomic mass is 32.2. The molecule has 1 unspecified atom stereocenters. The maximum absolute atomic E-state index is 12.5. The molecule has 3 aromatic rings. The Labute approximate surface area is 172 Å². The predicted octanol–water partition coefficient (Wildman–Crippen LogP) is 3.91. The normalized spacial score (nSPS) is 11.5. The third-order valence-electron chi connectivity index (χ3n) is 3.95. The lowest BCUT2D eigenvalue weighted by atomic mass is 10.1. The lowest BCUT2D eigenvalue weighted by Gasteiger charge is -2.16. The number of benzene rings is 2. The highest BCUT2D eigenvalue weighted by Crippen LogP contribution is 2.34. The van der Waals surface area contributed by atoms with E-state index in [0.29, 0.717) is 0 Å². The summed E-state index contributed by atoms with van der Waals surface area (Å²) in [5.74, 6) is -0.173. The van der Waals surface area contributed by atoms with Crippen LogP contribution in [0.4, 0.5) is 11.5 Å². The highest BCUT2D eigenvalue weighted by Gasteiger charge is 2.25. The van der Waals surface area contributed by atoms with Gasteiger partial charge in [0.1, 0.15) is 16.6 Å². The topological polar surface area (TPSA) is 108 Å². The Balaban J connectivity index is 1.97. The van der Waals surface area contributed by atoms with Crippen molar-refractivity contribution in [2.75, 3.05) is 11.9 Å². The molecule has 0 bridgehead atoms. The predicted molar refractivity (Wildman–Crippen MR) is 114 cm³/mol. The summed E-state index contributed by atoms with van der Waals surface area (Å²) < 4.78 is 5.20. The maximum Gasteiger partial charge on any atom is 0.324 e. The van der Waals surface area contributed by atoms with Crippen molar-refractivity contribution in [1.29, 1.82) is 5.41 Å². The number of rotatable bonds is 8. The quantitative estimate of drug-likeness (QED) is 0.226. The van der Waals surface area contributed by atoms with E-state index >= 15 is 0 Å². The molecule has 0 fully saturated rings. The van der Waals surface area contributed by atoms with Crippen LogP contribution in [-0.2, 0) is 9.53 Å². The first-order valence-electron chi connectivity index (χ1n) is 8.97. The van der Waals surface area contributed by atoms with E-state index in [1.807, 2.05) is 60.7 Å². The summed E-state index contributed by atoms with van der Waals surface area (Å²) in [7, 11) is 0. The molecule has 1 heterocycles. The van der Waals surface area contributed by atoms with Crippen molar-refractivity contribution < 1.29 is 9.53 Å². The van der Waals surface area contributed by atoms with Crippen LogP contribution < -0.4 is 10.9 Å². The van der Waals surface area contributed by atoms with Gasteiger partial charge in [-0.25, -0.2) is 4.98 Å². The summed E-state index contributed by atoms with van der Waals surface area (Å²) in [6.07, 6.45) is 0.950. The molecule has 7 nitrogen and oxygen atoms in total. The van der Waals surface area contributed by atoms with Crippen molar-refractivity contribution in [2.45, 2.75) is 17.3 Å². The molecule has 2 aromatic carbocycles. The van der Waals surface area contributed by atoms with Crippen LogP contribution in [0.5, 0.6) is 0 Å². The van der Waals surface area contributed by atoms with Gasteiger partial charge in [-0.3, -0.25) is 9.59 Å². The fraction of sp³-hybridized carbons (Fsp3) is 0.143. The Bertz CT molecular complexity index is 1040. The number of thioether (sulfide) groups is 1. The second-order valence-electron chi connectivity index (χ2n) is 5.93. The first-order chi connectivity index (χ1) is 14.1. The summed E-state index contributed by atoms with van der Waals surface area (Å²) in [4.78, 5) is 32.1. The van der Waals surface area contributed by atoms with E-state index in [-0.39, 0.29) is 23.1 Å². The highest BCUT2D eigenvalue weighted by molar-refractivity contribution is 8.00. The van der Waals surface area contributed by atoms with Crippen LogP contribution in [0.3, 0.4) is 0 Å². The van der Waals surface area contributed by atoms with Crippen molar-refractivity contribution in [3.63, 3.8) is 0 Å². The molecule has 1 atom stereocenters. The van der Waals surface area contributed by atoms with Crippen molar-refractivity contribution >= 4 is 35.5 Å². The van der Waals surface area contributed by atoms with Crippen LogP contribution in [-0.4, -0.2) is 28.8 Å². The third kappa shape index (κ3) is 5.11. The molecule has 0 amide bonds. The van der Waals surface area contributed by atoms with Crippen LogP contribution >= 0.6 is 11.8 Å². The zero-order valence-corrected chi connectivity index (χ0v) is 16.5. The summed E-state index contributed by atoms with van der Waals surface area (Å²) in [6.45, 7) is 1.99. The molecule has 0 aliphatic rings. The second kappa shape index (κ2) is 9.70. The van der Waals surface area contributed by atoms with E-state index in [9.17, 15) is 9.59 Å². The smallest absolute Gasteiger partial charge is 0.324 e. The van der Waals surface area contributed by atoms with Crippen LogP contribution in [0.2, 0.25) is 0 Å². The van der Waals surface area contributed by atoms with Crippen LogP contribution in [0.25, 0.3) is 0 Å². The molecule has 0 aliphatic heterocycles. The fourth-order valence-electron chi connectivity index (χ4n) is 2.61. The maximum atomic E-state index is 12.5. The van der Waals surface area contributed by atoms with Crippen LogP contribution in [0.1, 0.15) is 23.3 Å². The zero-order valence-electron chi connectivity index (χ0n) is 15.7. The number of para-hydroxylation sites is 1. The molecule has 29 heavy (non-hydrogen) atoms. The number of ether oxygens (including phenoxy) is 1. The van der Waals surface area contributed by atoms with Gasteiger partial charge in [0, 0.05) is 11.9 Å². The Hall–Kier alpha value is -3.39. The summed E-state index contributed by atoms with van der Waals surface area (Å²) in [5.41, 5.74) is 1.11. The van der Waals surface area contributed by atoms with Gasteiger partial charge in [-0.05, 0) is 24.6 Å². The standard InChI is InChI=1S/C21H20N4O3S/c1-2-28-20(27)17(14-9-5-3-6-10-14)29-21-24-18(16(13-22)19(26)25-21)23-15-11-7-4-8-12-15/h3-13,17,22H,2H2,1H3,(H2,23,24,25,26). The number of carbonyl (C=O) groups excluding carboxylic acids is 1. The van der Waals surface area contributed by atoms with Crippen LogP contribution in [0.15, 0.2) is 70.6 Å². The molecule has 0 saturated carbocycles. The molecule has 3 rings (SSSR count). The Morgan fingerprint density at radius 3 is 2.48 bits per heavy atom. The number of nitrogens with one attached hydrogen (secondary N) is 3. The minimum Gasteiger partial charge on any atom is -0.465 e. The minimum absolute atomic E-state index is 0.102. The third-order valence-corrected chi connectivity index (χ3v) is 5.06. The van der Waals surface area contributed by atoms with E-state index < -0.39 is 16.8 Å². The molecule has 0 saturated heterocycles. The molecule has 0 spiro atoms. The largest absolute Gasteiger partial charge is 0.465 e. The van der Waals surface area contributed by atoms with Gasteiger partial charge in [-0.15, -0.1) is 0 Å². The number of esters is 1. The molecule has 0 radical (unpaired) electrons. The molecular formula is C21H20N4O3S. The van der Waals surface area contributed by atoms with Gasteiger partial charge in [-0.1, -0.05) is 60.3 Å². The van der Waals surface area contributed by atoms with Gasteiger partial charge in [-0.2, -0.15) is 0 Å². The van der Waals surface area contributed by atoms with E-state index in [1.165, 1.54) is 0 Å². The van der Waals surface area contributed by atoms with E-state index in [0.717, 1.165) is 29.2 Å². The van der Waals surface area contributed by atoms with E-state index in [1.54, 1.807) is 6.92 Å². The number of aromatic nitrogens is 2. The summed E-state index contributed by atoms with van der Waals surface area (Å²) in [6, 6.07) is 18.4. The average Bonchev–Trinajstić information content (AvgIpc) is 2.73. The number of hydrogen-bond donors (Lipinski definition) is 3. The van der Waals surface area contributed by atoms with Crippen molar-refractivity contribution in [1.82, 2.24) is 9.97 Å². The van der Waals surface area contributed by atoms with Gasteiger partial charge in [0.25, 0.3) is 5.56 Å². The molecule has 8 heteroatoms. The molecule has 0 aliphatic carbocycles. The monoisotopic (exact) mass is 408 g/mol. The Kier molecular flexibility index (Phi) is 6.80. The average molecular weight is 408 g/mol. The summed E-state index contributed by atoms with van der Waals surface area (Å²) in [5, 5.41) is 10.2. The lowest BCUT2D eigenvalue weighted by Crippen LogP contribution is -2.19. The minimum atomic E-state index is -0.685. The van der Waals surface area contributed by atoms with Crippen molar-refractivity contribution in [3.8, 4) is 0 Å².